The van der Waals surface area contributed by atoms with E-state index in [-0.39, 0.29) is 5.82 Å². The van der Waals surface area contributed by atoms with E-state index in [4.69, 9.17) is 0 Å². The highest BCUT2D eigenvalue weighted by molar-refractivity contribution is 6.55. The first-order chi connectivity index (χ1) is 9.69. The molecule has 1 aliphatic heterocycles. The molecule has 0 unspecified atom stereocenters. The van der Waals surface area contributed by atoms with Crippen LogP contribution in [-0.2, 0) is 6.42 Å². The Balaban J connectivity index is 2.25. The van der Waals surface area contributed by atoms with Crippen LogP contribution < -0.4 is 10.8 Å². The maximum atomic E-state index is 14.6. The molecule has 0 aromatic heterocycles. The predicted octanol–water partition coefficient (Wildman–Crippen LogP) is 1.54. The molecule has 20 heavy (non-hydrogen) atoms. The van der Waals surface area contributed by atoms with E-state index in [0.29, 0.717) is 12.1 Å². The van der Waals surface area contributed by atoms with Crippen molar-refractivity contribution in [3.05, 3.63) is 48.3 Å². The number of halogens is 1. The van der Waals surface area contributed by atoms with Crippen molar-refractivity contribution in [2.24, 2.45) is 0 Å². The lowest BCUT2D eigenvalue weighted by atomic mass is 9.71. The van der Waals surface area contributed by atoms with Crippen molar-refractivity contribution in [1.82, 2.24) is 10.2 Å². The van der Waals surface area contributed by atoms with Gasteiger partial charge in [0.15, 0.2) is 7.28 Å². The van der Waals surface area contributed by atoms with Gasteiger partial charge < -0.3 is 10.2 Å². The summed E-state index contributed by atoms with van der Waals surface area (Å²) in [5.74, 6) is -0.0801. The smallest absolute Gasteiger partial charge is 0.162 e. The summed E-state index contributed by atoms with van der Waals surface area (Å²) in [6.45, 7) is 10.2. The second kappa shape index (κ2) is 6.75. The summed E-state index contributed by atoms with van der Waals surface area (Å²) < 4.78 is 14.6. The number of rotatable bonds is 7. The lowest BCUT2D eigenvalue weighted by molar-refractivity contribution is 0.433. The van der Waals surface area contributed by atoms with Crippen molar-refractivity contribution >= 4 is 18.4 Å². The molecule has 4 heteroatoms. The first-order valence-electron chi connectivity index (χ1n) is 7.19. The maximum Gasteiger partial charge on any atom is 0.162 e. The molecule has 1 N–H and O–H groups in total. The molecule has 2 nitrogen and oxygen atoms in total. The lowest BCUT2D eigenvalue weighted by Crippen LogP contribution is -2.30. The Kier molecular flexibility index (Phi) is 5.02. The minimum absolute atomic E-state index is 0.0801. The van der Waals surface area contributed by atoms with Crippen LogP contribution in [0.5, 0.6) is 0 Å². The second-order valence-electron chi connectivity index (χ2n) is 5.20. The van der Waals surface area contributed by atoms with Crippen molar-refractivity contribution in [3.63, 3.8) is 0 Å². The lowest BCUT2D eigenvalue weighted by Gasteiger charge is -2.26. The van der Waals surface area contributed by atoms with Gasteiger partial charge in [-0.25, -0.2) is 4.39 Å². The molecule has 1 aliphatic rings. The van der Waals surface area contributed by atoms with Crippen molar-refractivity contribution in [2.75, 3.05) is 26.7 Å². The summed E-state index contributed by atoms with van der Waals surface area (Å²) in [7, 11) is 2.76. The fourth-order valence-electron chi connectivity index (χ4n) is 2.75. The molecule has 1 aromatic carbocycles. The van der Waals surface area contributed by atoms with E-state index in [2.05, 4.69) is 29.4 Å². The van der Waals surface area contributed by atoms with Gasteiger partial charge >= 0.3 is 0 Å². The zero-order valence-electron chi connectivity index (χ0n) is 12.2. The van der Waals surface area contributed by atoms with Crippen LogP contribution in [0.25, 0.3) is 5.70 Å². The number of hydrogen-bond donors (Lipinski definition) is 1. The van der Waals surface area contributed by atoms with Crippen LogP contribution in [-0.4, -0.2) is 38.9 Å². The van der Waals surface area contributed by atoms with E-state index in [1.54, 1.807) is 0 Å². The Morgan fingerprint density at radius 3 is 3.05 bits per heavy atom. The summed E-state index contributed by atoms with van der Waals surface area (Å²) in [6.07, 6.45) is 3.87. The van der Waals surface area contributed by atoms with Crippen LogP contribution >= 0.6 is 0 Å². The third-order valence-electron chi connectivity index (χ3n) is 3.89. The highest BCUT2D eigenvalue weighted by Gasteiger charge is 2.21. The monoisotopic (exact) mass is 272 g/mol. The van der Waals surface area contributed by atoms with Gasteiger partial charge in [0.05, 0.1) is 0 Å². The van der Waals surface area contributed by atoms with Crippen LogP contribution in [0, 0.1) is 5.82 Å². The fourth-order valence-corrected chi connectivity index (χ4v) is 2.75. The van der Waals surface area contributed by atoms with Crippen LogP contribution in [0.2, 0.25) is 6.32 Å². The number of benzene rings is 1. The van der Waals surface area contributed by atoms with E-state index < -0.39 is 0 Å². The van der Waals surface area contributed by atoms with Crippen molar-refractivity contribution in [2.45, 2.75) is 12.7 Å². The Bertz CT molecular complexity index is 513. The predicted molar refractivity (Wildman–Crippen MR) is 86.4 cm³/mol. The summed E-state index contributed by atoms with van der Waals surface area (Å²) in [5, 5.41) is 3.11. The quantitative estimate of drug-likeness (QED) is 0.598. The average Bonchev–Trinajstić information content (AvgIpc) is 2.92. The Morgan fingerprint density at radius 2 is 2.35 bits per heavy atom. The summed E-state index contributed by atoms with van der Waals surface area (Å²) in [4.78, 5) is 2.06. The van der Waals surface area contributed by atoms with Crippen molar-refractivity contribution in [3.8, 4) is 0 Å². The molecular weight excluding hydrogens is 250 g/mol. The molecule has 0 fully saturated rings. The van der Waals surface area contributed by atoms with Gasteiger partial charge in [-0.15, -0.1) is 6.58 Å². The van der Waals surface area contributed by atoms with Crippen LogP contribution in [0.4, 0.5) is 4.39 Å². The molecule has 0 amide bonds. The third kappa shape index (κ3) is 2.96. The van der Waals surface area contributed by atoms with Gasteiger partial charge in [-0.05, 0) is 25.0 Å². The molecule has 106 valence electrons. The standard InChI is InChI=1S/C16H22BFN2/c1-4-10-20(11-9-19-3)12(2)14-6-5-13-7-8-17-15(13)16(14)18/h4-6,17,19H,1-2,7-11H2,3H3. The zero-order valence-corrected chi connectivity index (χ0v) is 12.2. The number of nitrogens with one attached hydrogen (secondary N) is 1. The first-order valence-corrected chi connectivity index (χ1v) is 7.19. The SMILES string of the molecule is C=CCN(CCNC)C(=C)c1ccc2c(c1F)BCC2. The van der Waals surface area contributed by atoms with E-state index in [9.17, 15) is 4.39 Å². The number of likely N-dealkylation sites (N-methyl/N-ethyl adjacent to an activating group) is 1. The van der Waals surface area contributed by atoms with Gasteiger partial charge in [0.25, 0.3) is 0 Å². The highest BCUT2D eigenvalue weighted by Crippen LogP contribution is 2.22. The minimum atomic E-state index is -0.0801. The fraction of sp³-hybridized carbons (Fsp3) is 0.375. The molecule has 0 saturated heterocycles. The summed E-state index contributed by atoms with van der Waals surface area (Å²) in [6, 6.07) is 3.92. The molecular formula is C16H22BFN2. The molecule has 0 aliphatic carbocycles. The van der Waals surface area contributed by atoms with E-state index in [1.807, 2.05) is 19.2 Å². The number of hydrogen-bond acceptors (Lipinski definition) is 2. The topological polar surface area (TPSA) is 15.3 Å². The molecule has 1 heterocycles. The van der Waals surface area contributed by atoms with Gasteiger partial charge in [-0.1, -0.05) is 30.6 Å². The summed E-state index contributed by atoms with van der Waals surface area (Å²) >= 11 is 0. The van der Waals surface area contributed by atoms with Crippen molar-refractivity contribution in [1.29, 1.82) is 0 Å². The molecule has 0 spiro atoms. The first kappa shape index (κ1) is 14.9. The molecule has 1 aromatic rings. The molecule has 0 saturated carbocycles. The third-order valence-corrected chi connectivity index (χ3v) is 3.89. The largest absolute Gasteiger partial charge is 0.366 e. The van der Waals surface area contributed by atoms with Crippen molar-refractivity contribution < 1.29 is 4.39 Å². The van der Waals surface area contributed by atoms with E-state index in [1.165, 1.54) is 0 Å². The zero-order chi connectivity index (χ0) is 14.5. The Labute approximate surface area is 121 Å². The average molecular weight is 272 g/mol. The van der Waals surface area contributed by atoms with Gasteiger partial charge in [0.1, 0.15) is 5.82 Å². The van der Waals surface area contributed by atoms with Gasteiger partial charge in [0.2, 0.25) is 0 Å². The van der Waals surface area contributed by atoms with Crippen LogP contribution in [0.15, 0.2) is 31.4 Å². The number of nitrogens with zero attached hydrogens (tertiary/aromatic N) is 1. The Morgan fingerprint density at radius 1 is 1.55 bits per heavy atom. The van der Waals surface area contributed by atoms with E-state index in [0.717, 1.165) is 49.8 Å². The van der Waals surface area contributed by atoms with Crippen LogP contribution in [0.3, 0.4) is 0 Å². The molecule has 0 bridgehead atoms. The van der Waals surface area contributed by atoms with Crippen LogP contribution in [0.1, 0.15) is 11.1 Å². The number of aryl methyl sites for hydroxylation is 1. The highest BCUT2D eigenvalue weighted by atomic mass is 19.1. The number of fused-ring (bicyclic) bond motifs is 1. The van der Waals surface area contributed by atoms with Gasteiger partial charge in [-0.3, -0.25) is 0 Å². The molecule has 0 radical (unpaired) electrons. The molecule has 0 atom stereocenters. The van der Waals surface area contributed by atoms with Gasteiger partial charge in [0, 0.05) is 30.9 Å². The van der Waals surface area contributed by atoms with Gasteiger partial charge in [-0.2, -0.15) is 0 Å². The maximum absolute atomic E-state index is 14.6. The normalized spacial score (nSPS) is 12.7. The minimum Gasteiger partial charge on any atom is -0.366 e. The van der Waals surface area contributed by atoms with E-state index >= 15 is 0 Å². The second-order valence-corrected chi connectivity index (χ2v) is 5.20. The summed E-state index contributed by atoms with van der Waals surface area (Å²) in [5.41, 5.74) is 3.41. The Hall–Kier alpha value is -1.55. The molecule has 2 rings (SSSR count).